The first-order valence-corrected chi connectivity index (χ1v) is 10.6. The van der Waals surface area contributed by atoms with Crippen molar-refractivity contribution in [3.63, 3.8) is 0 Å². The van der Waals surface area contributed by atoms with Crippen LogP contribution in [0.4, 0.5) is 10.1 Å². The Labute approximate surface area is 190 Å². The number of methoxy groups -OCH3 is 1. The third kappa shape index (κ3) is 3.08. The third-order valence-electron chi connectivity index (χ3n) is 6.56. The molecule has 2 saturated heterocycles. The van der Waals surface area contributed by atoms with Crippen LogP contribution < -0.4 is 10.2 Å². The van der Waals surface area contributed by atoms with Crippen molar-refractivity contribution in [1.29, 1.82) is 0 Å². The Kier molecular flexibility index (Phi) is 5.06. The minimum Gasteiger partial charge on any atom is -0.468 e. The molecule has 0 radical (unpaired) electrons. The summed E-state index contributed by atoms with van der Waals surface area (Å²) in [6.45, 7) is 0. The highest BCUT2D eigenvalue weighted by Gasteiger charge is 2.68. The zero-order valence-corrected chi connectivity index (χ0v) is 17.8. The van der Waals surface area contributed by atoms with Crippen LogP contribution >= 0.6 is 0 Å². The van der Waals surface area contributed by atoms with E-state index in [0.717, 1.165) is 16.0 Å². The number of ether oxygens (including phenoxy) is 1. The molecule has 2 heterocycles. The summed E-state index contributed by atoms with van der Waals surface area (Å²) in [5.41, 5.74) is 0.618. The minimum atomic E-state index is -1.15. The molecule has 2 aliphatic rings. The maximum Gasteiger partial charge on any atom is 0.323 e. The van der Waals surface area contributed by atoms with Gasteiger partial charge in [0.15, 0.2) is 0 Å². The monoisotopic (exact) mass is 444 g/mol. The second-order valence-electron chi connectivity index (χ2n) is 8.18. The molecule has 3 atom stereocenters. The highest BCUT2D eigenvalue weighted by Crippen LogP contribution is 2.52. The van der Waals surface area contributed by atoms with Gasteiger partial charge in [0.1, 0.15) is 11.9 Å². The molecule has 0 aromatic heterocycles. The fourth-order valence-corrected chi connectivity index (χ4v) is 5.18. The summed E-state index contributed by atoms with van der Waals surface area (Å²) < 4.78 is 18.5. The number of anilines is 1. The maximum atomic E-state index is 13.9. The van der Waals surface area contributed by atoms with Crippen LogP contribution in [0.15, 0.2) is 84.9 Å². The fraction of sp³-hybridized carbons (Fsp3) is 0.192. The van der Waals surface area contributed by atoms with Crippen LogP contribution in [0.5, 0.6) is 0 Å². The first-order valence-electron chi connectivity index (χ1n) is 10.6. The van der Waals surface area contributed by atoms with E-state index >= 15 is 0 Å². The smallest absolute Gasteiger partial charge is 0.323 e. The average molecular weight is 444 g/mol. The number of rotatable bonds is 4. The Balaban J connectivity index is 1.74. The molecule has 0 unspecified atom stereocenters. The predicted octanol–water partition coefficient (Wildman–Crippen LogP) is 3.02. The molecule has 6 nitrogen and oxygen atoms in total. The van der Waals surface area contributed by atoms with Gasteiger partial charge in [0, 0.05) is 0 Å². The Hall–Kier alpha value is -3.84. The summed E-state index contributed by atoms with van der Waals surface area (Å²) in [7, 11) is 1.25. The molecule has 5 rings (SSSR count). The van der Waals surface area contributed by atoms with Crippen LogP contribution in [-0.4, -0.2) is 30.9 Å². The summed E-state index contributed by atoms with van der Waals surface area (Å²) in [6.07, 6.45) is 0. The predicted molar refractivity (Wildman–Crippen MR) is 118 cm³/mol. The number of nitrogens with zero attached hydrogens (tertiary/aromatic N) is 1. The molecular weight excluding hydrogens is 423 g/mol. The van der Waals surface area contributed by atoms with Crippen LogP contribution in [-0.2, 0) is 24.7 Å². The van der Waals surface area contributed by atoms with Crippen molar-refractivity contribution in [3.05, 3.63) is 102 Å². The van der Waals surface area contributed by atoms with Crippen LogP contribution in [0.2, 0.25) is 0 Å². The summed E-state index contributed by atoms with van der Waals surface area (Å²) in [5.74, 6) is -3.98. The van der Waals surface area contributed by atoms with Gasteiger partial charge in [0.05, 0.1) is 30.2 Å². The van der Waals surface area contributed by atoms with E-state index < -0.39 is 47.0 Å². The maximum absolute atomic E-state index is 13.9. The number of hydrogen-bond acceptors (Lipinski definition) is 5. The summed E-state index contributed by atoms with van der Waals surface area (Å²) in [4.78, 5) is 41.4. The Morgan fingerprint density at radius 2 is 1.42 bits per heavy atom. The van der Waals surface area contributed by atoms with Crippen molar-refractivity contribution >= 4 is 23.5 Å². The molecule has 3 aromatic rings. The quantitative estimate of drug-likeness (QED) is 0.495. The normalized spacial score (nSPS) is 23.5. The Morgan fingerprint density at radius 3 is 1.94 bits per heavy atom. The number of hydrogen-bond donors (Lipinski definition) is 1. The molecule has 33 heavy (non-hydrogen) atoms. The van der Waals surface area contributed by atoms with Crippen LogP contribution in [0.25, 0.3) is 0 Å². The number of fused-ring (bicyclic) bond motifs is 1. The second kappa shape index (κ2) is 7.94. The van der Waals surface area contributed by atoms with E-state index in [-0.39, 0.29) is 5.69 Å². The number of esters is 1. The van der Waals surface area contributed by atoms with Gasteiger partial charge >= 0.3 is 5.97 Å². The lowest BCUT2D eigenvalue weighted by atomic mass is 9.72. The molecule has 7 heteroatoms. The van der Waals surface area contributed by atoms with E-state index in [1.165, 1.54) is 31.4 Å². The summed E-state index contributed by atoms with van der Waals surface area (Å²) in [6, 6.07) is 22.7. The summed E-state index contributed by atoms with van der Waals surface area (Å²) in [5, 5.41) is 3.33. The van der Waals surface area contributed by atoms with Gasteiger partial charge in [0.25, 0.3) is 0 Å². The van der Waals surface area contributed by atoms with E-state index in [9.17, 15) is 18.8 Å². The molecule has 166 valence electrons. The van der Waals surface area contributed by atoms with Crippen molar-refractivity contribution in [3.8, 4) is 0 Å². The second-order valence-corrected chi connectivity index (χ2v) is 8.18. The molecule has 0 bridgehead atoms. The zero-order valence-electron chi connectivity index (χ0n) is 17.8. The van der Waals surface area contributed by atoms with Crippen molar-refractivity contribution in [2.45, 2.75) is 11.6 Å². The van der Waals surface area contributed by atoms with Gasteiger partial charge in [-0.2, -0.15) is 0 Å². The number of benzene rings is 3. The molecule has 3 aromatic carbocycles. The molecule has 0 aliphatic carbocycles. The average Bonchev–Trinajstić information content (AvgIpc) is 3.35. The van der Waals surface area contributed by atoms with Crippen molar-refractivity contribution in [2.24, 2.45) is 11.8 Å². The Bertz CT molecular complexity index is 1170. The lowest BCUT2D eigenvalue weighted by Crippen LogP contribution is -2.51. The van der Waals surface area contributed by atoms with Gasteiger partial charge in [-0.1, -0.05) is 60.7 Å². The molecule has 0 saturated carbocycles. The molecule has 2 amide bonds. The minimum absolute atomic E-state index is 0.263. The highest BCUT2D eigenvalue weighted by molar-refractivity contribution is 6.24. The Morgan fingerprint density at radius 1 is 0.879 bits per heavy atom. The van der Waals surface area contributed by atoms with E-state index in [1.54, 1.807) is 0 Å². The van der Waals surface area contributed by atoms with Gasteiger partial charge in [-0.25, -0.2) is 9.29 Å². The zero-order chi connectivity index (χ0) is 23.2. The fourth-order valence-electron chi connectivity index (χ4n) is 5.18. The lowest BCUT2D eigenvalue weighted by Gasteiger charge is -2.36. The number of carbonyl (C=O) groups excluding carboxylic acids is 3. The van der Waals surface area contributed by atoms with Gasteiger partial charge in [0.2, 0.25) is 11.8 Å². The number of imide groups is 1. The standard InChI is InChI=1S/C26H21FN2O4/c1-33-25(32)22-20-21(24(31)29(23(20)30)19-14-12-18(27)13-15-19)26(28-22,16-8-4-2-5-9-16)17-10-6-3-7-11-17/h2-15,20-22,28H,1H3/t20-,21+,22+/m0/s1. The van der Waals surface area contributed by atoms with Gasteiger partial charge in [-0.05, 0) is 35.4 Å². The van der Waals surface area contributed by atoms with Gasteiger partial charge in [-0.15, -0.1) is 0 Å². The van der Waals surface area contributed by atoms with Gasteiger partial charge < -0.3 is 4.74 Å². The molecular formula is C26H21FN2O4. The third-order valence-corrected chi connectivity index (χ3v) is 6.56. The first kappa shape index (κ1) is 21.0. The largest absolute Gasteiger partial charge is 0.468 e. The van der Waals surface area contributed by atoms with E-state index in [0.29, 0.717) is 0 Å². The molecule has 2 fully saturated rings. The molecule has 1 N–H and O–H groups in total. The first-order chi connectivity index (χ1) is 16.0. The van der Waals surface area contributed by atoms with Crippen LogP contribution in [0.1, 0.15) is 11.1 Å². The van der Waals surface area contributed by atoms with Crippen LogP contribution in [0, 0.1) is 17.7 Å². The van der Waals surface area contributed by atoms with Crippen molar-refractivity contribution in [2.75, 3.05) is 12.0 Å². The number of nitrogens with one attached hydrogen (secondary N) is 1. The van der Waals surface area contributed by atoms with Crippen molar-refractivity contribution in [1.82, 2.24) is 5.32 Å². The van der Waals surface area contributed by atoms with Crippen LogP contribution in [0.3, 0.4) is 0 Å². The summed E-state index contributed by atoms with van der Waals surface area (Å²) >= 11 is 0. The SMILES string of the molecule is COC(=O)[C@@H]1NC(c2ccccc2)(c2ccccc2)[C@H]2C(=O)N(c3ccc(F)cc3)C(=O)[C@H]12. The molecule has 2 aliphatic heterocycles. The van der Waals surface area contributed by atoms with E-state index in [1.807, 2.05) is 60.7 Å². The van der Waals surface area contributed by atoms with Gasteiger partial charge in [-0.3, -0.25) is 19.7 Å². The lowest BCUT2D eigenvalue weighted by molar-refractivity contribution is -0.145. The van der Waals surface area contributed by atoms with Crippen molar-refractivity contribution < 1.29 is 23.5 Å². The highest BCUT2D eigenvalue weighted by atomic mass is 19.1. The molecule has 0 spiro atoms. The topological polar surface area (TPSA) is 75.7 Å². The number of carbonyl (C=O) groups is 3. The van der Waals surface area contributed by atoms with E-state index in [4.69, 9.17) is 4.74 Å². The van der Waals surface area contributed by atoms with E-state index in [2.05, 4.69) is 5.32 Å². The number of halogens is 1. The number of amides is 2.